The number of amides is 1. The summed E-state index contributed by atoms with van der Waals surface area (Å²) in [5.74, 6) is -0.551. The van der Waals surface area contributed by atoms with Gasteiger partial charge in [0.05, 0.1) is 47.4 Å². The van der Waals surface area contributed by atoms with Crippen molar-refractivity contribution in [3.8, 4) is 17.2 Å². The maximum Gasteiger partial charge on any atom is 0.297 e. The number of nitro benzene ring substituents is 1. The molecule has 3 N–H and O–H groups in total. The number of pyridine rings is 1. The van der Waals surface area contributed by atoms with Crippen LogP contribution in [-0.2, 0) is 19.5 Å². The van der Waals surface area contributed by atoms with Crippen LogP contribution in [-0.4, -0.2) is 98.4 Å². The number of anilines is 2. The van der Waals surface area contributed by atoms with Gasteiger partial charge in [0.15, 0.2) is 11.4 Å². The Hall–Kier alpha value is -6.01. The number of sulfonamides is 1. The van der Waals surface area contributed by atoms with Crippen molar-refractivity contribution in [2.24, 2.45) is 5.41 Å². The minimum atomic E-state index is -4.66. The highest BCUT2D eigenvalue weighted by molar-refractivity contribution is 7.90. The Morgan fingerprint density at radius 3 is 2.69 bits per heavy atom. The number of benzene rings is 3. The number of nitrogens with zero attached hydrogens (tertiary/aromatic N) is 4. The molecule has 4 fully saturated rings. The molecule has 3 atom stereocenters. The number of hydrogen-bond acceptors (Lipinski definition) is 13. The number of aromatic amines is 1. The van der Waals surface area contributed by atoms with Crippen molar-refractivity contribution >= 4 is 49.6 Å². The molecule has 6 heterocycles. The van der Waals surface area contributed by atoms with Crippen LogP contribution in [0.25, 0.3) is 16.6 Å². The first-order chi connectivity index (χ1) is 29.9. The van der Waals surface area contributed by atoms with E-state index in [1.807, 2.05) is 6.07 Å². The summed E-state index contributed by atoms with van der Waals surface area (Å²) in [4.78, 5) is 37.5. The minimum Gasteiger partial charge on any atom is -0.489 e. The summed E-state index contributed by atoms with van der Waals surface area (Å²) < 4.78 is 53.2. The van der Waals surface area contributed by atoms with Crippen LogP contribution < -0.4 is 24.4 Å². The van der Waals surface area contributed by atoms with Gasteiger partial charge in [-0.3, -0.25) is 19.8 Å². The number of nitrogens with one attached hydrogen (secondary N) is 3. The lowest BCUT2D eigenvalue weighted by Crippen LogP contribution is -2.66. The third-order valence-electron chi connectivity index (χ3n) is 12.9. The Bertz CT molecular complexity index is 2700. The standard InChI is InChI=1S/C45H47N7O9S/c1-27(2)33-6-3-4-7-34(33)37-8-5-13-51(37)30-20-45(21-30)25-50(26-45)29-9-10-35(39(17-29)61-31-16-28-11-12-46-43(28)47-22-31)44(53)49-62(56,57)32-18-38(52(54)55)42-40(19-32)60-23-36(48-42)41-24-58-14-15-59-41/h3-4,6-7,9-12,16-19,22,30,36-37,41,48H,1,5,8,13-15,20-21,23-26H2,2H3,(H,46,47)(H,49,53)/t36-,37-,41+/m0/s1. The number of fused-ring (bicyclic) bond motifs is 2. The smallest absolute Gasteiger partial charge is 0.297 e. The Morgan fingerprint density at radius 1 is 1.06 bits per heavy atom. The minimum absolute atomic E-state index is 0.0137. The van der Waals surface area contributed by atoms with Gasteiger partial charge < -0.3 is 34.1 Å². The summed E-state index contributed by atoms with van der Waals surface area (Å²) >= 11 is 0. The van der Waals surface area contributed by atoms with E-state index in [1.54, 1.807) is 30.5 Å². The number of aromatic nitrogens is 2. The lowest BCUT2D eigenvalue weighted by atomic mass is 9.60. The van der Waals surface area contributed by atoms with Crippen molar-refractivity contribution in [1.29, 1.82) is 0 Å². The molecule has 1 amide bonds. The molecule has 0 bridgehead atoms. The zero-order valence-electron chi connectivity index (χ0n) is 34.2. The lowest BCUT2D eigenvalue weighted by Gasteiger charge is -2.62. The summed E-state index contributed by atoms with van der Waals surface area (Å²) in [5.41, 5.74) is 4.81. The van der Waals surface area contributed by atoms with Gasteiger partial charge >= 0.3 is 0 Å². The zero-order chi connectivity index (χ0) is 42.8. The second-order valence-electron chi connectivity index (χ2n) is 17.1. The van der Waals surface area contributed by atoms with Gasteiger partial charge in [-0.2, -0.15) is 0 Å². The predicted molar refractivity (Wildman–Crippen MR) is 231 cm³/mol. The van der Waals surface area contributed by atoms with E-state index in [9.17, 15) is 23.3 Å². The fraction of sp³-hybridized carbons (Fsp3) is 0.378. The molecular formula is C45H47N7O9S. The van der Waals surface area contributed by atoms with E-state index >= 15 is 0 Å². The first-order valence-corrected chi connectivity index (χ1v) is 22.4. The van der Waals surface area contributed by atoms with Gasteiger partial charge in [0.2, 0.25) is 0 Å². The zero-order valence-corrected chi connectivity index (χ0v) is 35.0. The highest BCUT2D eigenvalue weighted by atomic mass is 32.2. The van der Waals surface area contributed by atoms with Crippen molar-refractivity contribution in [2.75, 3.05) is 56.3 Å². The predicted octanol–water partition coefficient (Wildman–Crippen LogP) is 6.81. The van der Waals surface area contributed by atoms with Crippen molar-refractivity contribution in [3.63, 3.8) is 0 Å². The molecule has 16 nitrogen and oxygen atoms in total. The van der Waals surface area contributed by atoms with Crippen LogP contribution in [0.4, 0.5) is 17.1 Å². The van der Waals surface area contributed by atoms with Crippen LogP contribution in [0.1, 0.15) is 60.1 Å². The lowest BCUT2D eigenvalue weighted by molar-refractivity contribution is -0.384. The third kappa shape index (κ3) is 7.41. The number of likely N-dealkylation sites (tertiary alicyclic amines) is 1. The van der Waals surface area contributed by atoms with E-state index in [0.717, 1.165) is 67.7 Å². The van der Waals surface area contributed by atoms with Crippen LogP contribution in [0.2, 0.25) is 0 Å². The Kier molecular flexibility index (Phi) is 10.2. The number of H-pyrrole nitrogens is 1. The topological polar surface area (TPSA) is 190 Å². The molecule has 3 saturated heterocycles. The van der Waals surface area contributed by atoms with Gasteiger partial charge in [-0.25, -0.2) is 18.1 Å². The number of carbonyl (C=O) groups is 1. The van der Waals surface area contributed by atoms with Crippen molar-refractivity contribution in [2.45, 2.75) is 61.7 Å². The quantitative estimate of drug-likeness (QED) is 0.0929. The van der Waals surface area contributed by atoms with E-state index in [2.05, 4.69) is 67.6 Å². The van der Waals surface area contributed by atoms with E-state index in [1.165, 1.54) is 23.7 Å². The average Bonchev–Trinajstić information content (AvgIpc) is 3.92. The van der Waals surface area contributed by atoms with Crippen LogP contribution >= 0.6 is 0 Å². The Balaban J connectivity index is 0.871. The van der Waals surface area contributed by atoms with Gasteiger partial charge in [-0.1, -0.05) is 36.4 Å². The largest absolute Gasteiger partial charge is 0.489 e. The van der Waals surface area contributed by atoms with Gasteiger partial charge in [0, 0.05) is 66.1 Å². The number of nitro groups is 1. The van der Waals surface area contributed by atoms with E-state index in [4.69, 9.17) is 18.9 Å². The van der Waals surface area contributed by atoms with Crippen molar-refractivity contribution in [3.05, 3.63) is 113 Å². The molecule has 2 aromatic heterocycles. The fourth-order valence-corrected chi connectivity index (χ4v) is 10.9. The SMILES string of the molecule is C=C(C)c1ccccc1[C@@H]1CCCN1C1CC2(C1)CN(c1ccc(C(=O)NS(=O)(=O)c3cc4c(c([N+](=O)[O-])c3)N[C@H]([C@H]3COCCO3)CO4)c(Oc3cnc4[nH]ccc4c3)c1)C2. The summed E-state index contributed by atoms with van der Waals surface area (Å²) in [6, 6.07) is 19.8. The molecule has 5 aromatic rings. The molecule has 62 heavy (non-hydrogen) atoms. The maximum atomic E-state index is 14.0. The Morgan fingerprint density at radius 2 is 1.90 bits per heavy atom. The van der Waals surface area contributed by atoms with E-state index in [0.29, 0.717) is 36.7 Å². The number of carbonyl (C=O) groups excluding carboxylic acids is 1. The van der Waals surface area contributed by atoms with E-state index in [-0.39, 0.29) is 41.4 Å². The number of rotatable bonds is 11. The van der Waals surface area contributed by atoms with Gasteiger partial charge in [-0.15, -0.1) is 0 Å². The maximum absolute atomic E-state index is 14.0. The molecule has 10 rings (SSSR count). The fourth-order valence-electron chi connectivity index (χ4n) is 9.91. The third-order valence-corrected chi connectivity index (χ3v) is 14.2. The average molecular weight is 862 g/mol. The Labute approximate surface area is 358 Å². The number of allylic oxidation sites excluding steroid dienone is 1. The molecule has 1 aliphatic carbocycles. The van der Waals surface area contributed by atoms with Crippen LogP contribution in [0.15, 0.2) is 90.6 Å². The van der Waals surface area contributed by atoms with Crippen LogP contribution in [0.5, 0.6) is 17.2 Å². The number of hydrogen-bond donors (Lipinski definition) is 3. The van der Waals surface area contributed by atoms with Gasteiger partial charge in [0.25, 0.3) is 21.6 Å². The second-order valence-corrected chi connectivity index (χ2v) is 18.8. The van der Waals surface area contributed by atoms with Gasteiger partial charge in [0.1, 0.15) is 29.9 Å². The van der Waals surface area contributed by atoms with Crippen LogP contribution in [0, 0.1) is 15.5 Å². The van der Waals surface area contributed by atoms with Crippen LogP contribution in [0.3, 0.4) is 0 Å². The van der Waals surface area contributed by atoms with E-state index < -0.39 is 43.6 Å². The summed E-state index contributed by atoms with van der Waals surface area (Å²) in [7, 11) is -4.66. The first kappa shape index (κ1) is 40.1. The number of ether oxygens (including phenoxy) is 4. The molecule has 5 aliphatic rings. The second kappa shape index (κ2) is 15.7. The van der Waals surface area contributed by atoms with Crippen molar-refractivity contribution in [1.82, 2.24) is 19.6 Å². The monoisotopic (exact) mass is 861 g/mol. The summed E-state index contributed by atoms with van der Waals surface area (Å²) in [6.45, 7) is 10.2. The summed E-state index contributed by atoms with van der Waals surface area (Å²) in [6.07, 6.45) is 7.38. The highest BCUT2D eigenvalue weighted by Gasteiger charge is 2.55. The van der Waals surface area contributed by atoms with Crippen molar-refractivity contribution < 1.29 is 37.1 Å². The highest BCUT2D eigenvalue weighted by Crippen LogP contribution is 2.54. The molecule has 0 radical (unpaired) electrons. The molecule has 0 unspecified atom stereocenters. The summed E-state index contributed by atoms with van der Waals surface area (Å²) in [5, 5.41) is 16.1. The molecule has 3 aromatic carbocycles. The first-order valence-electron chi connectivity index (χ1n) is 20.9. The molecule has 1 spiro atoms. The molecule has 17 heteroatoms. The molecule has 322 valence electrons. The normalized spacial score (nSPS) is 22.2. The molecule has 4 aliphatic heterocycles. The van der Waals surface area contributed by atoms with Gasteiger partial charge in [-0.05, 0) is 74.5 Å². The molecular weight excluding hydrogens is 815 g/mol. The molecule has 1 saturated carbocycles.